The molecule has 0 aromatic rings. The maximum absolute atomic E-state index is 11.0. The standard InChI is InChI=1S/C9H20N2O2.ClH/c1-5-7(6-10)11(8(12)13)9(2,3)4;/h7H,5-6,10H2,1-4H3,(H,12,13);1H. The molecule has 0 aromatic heterocycles. The van der Waals surface area contributed by atoms with Gasteiger partial charge in [0.25, 0.3) is 0 Å². The summed E-state index contributed by atoms with van der Waals surface area (Å²) in [5.41, 5.74) is 5.13. The molecule has 0 aliphatic carbocycles. The molecule has 0 fully saturated rings. The van der Waals surface area contributed by atoms with Crippen molar-refractivity contribution in [2.45, 2.75) is 45.7 Å². The molecule has 86 valence electrons. The highest BCUT2D eigenvalue weighted by Crippen LogP contribution is 2.18. The van der Waals surface area contributed by atoms with Gasteiger partial charge in [0.2, 0.25) is 0 Å². The van der Waals surface area contributed by atoms with E-state index in [0.29, 0.717) is 6.54 Å². The van der Waals surface area contributed by atoms with E-state index in [0.717, 1.165) is 6.42 Å². The fraction of sp³-hybridized carbons (Fsp3) is 0.889. The van der Waals surface area contributed by atoms with E-state index < -0.39 is 6.09 Å². The van der Waals surface area contributed by atoms with Crippen molar-refractivity contribution >= 4 is 18.5 Å². The number of hydrogen-bond acceptors (Lipinski definition) is 2. The summed E-state index contributed by atoms with van der Waals surface area (Å²) in [6.07, 6.45) is -0.148. The number of carboxylic acid groups (broad SMARTS) is 1. The van der Waals surface area contributed by atoms with Crippen molar-refractivity contribution in [3.63, 3.8) is 0 Å². The number of amides is 1. The Kier molecular flexibility index (Phi) is 6.94. The molecule has 0 saturated heterocycles. The van der Waals surface area contributed by atoms with E-state index in [1.807, 2.05) is 27.7 Å². The molecule has 0 radical (unpaired) electrons. The molecular formula is C9H21ClN2O2. The molecule has 1 unspecified atom stereocenters. The van der Waals surface area contributed by atoms with Gasteiger partial charge in [0.1, 0.15) is 0 Å². The van der Waals surface area contributed by atoms with Crippen molar-refractivity contribution in [1.29, 1.82) is 0 Å². The number of nitrogens with zero attached hydrogens (tertiary/aromatic N) is 1. The third-order valence-electron chi connectivity index (χ3n) is 2.04. The Hall–Kier alpha value is -0.480. The summed E-state index contributed by atoms with van der Waals surface area (Å²) < 4.78 is 0. The van der Waals surface area contributed by atoms with Crippen LogP contribution in [0.5, 0.6) is 0 Å². The fourth-order valence-electron chi connectivity index (χ4n) is 1.45. The molecule has 1 atom stereocenters. The van der Waals surface area contributed by atoms with Gasteiger partial charge >= 0.3 is 6.09 Å². The largest absolute Gasteiger partial charge is 0.465 e. The fourth-order valence-corrected chi connectivity index (χ4v) is 1.45. The summed E-state index contributed by atoms with van der Waals surface area (Å²) in [5, 5.41) is 9.01. The first-order valence-corrected chi connectivity index (χ1v) is 4.56. The van der Waals surface area contributed by atoms with E-state index in [9.17, 15) is 4.79 Å². The van der Waals surface area contributed by atoms with Gasteiger partial charge in [-0.2, -0.15) is 0 Å². The minimum absolute atomic E-state index is 0. The maximum atomic E-state index is 11.0. The third-order valence-corrected chi connectivity index (χ3v) is 2.04. The van der Waals surface area contributed by atoms with E-state index in [1.54, 1.807) is 0 Å². The Bertz CT molecular complexity index is 176. The summed E-state index contributed by atoms with van der Waals surface area (Å²) in [6.45, 7) is 7.94. The third kappa shape index (κ3) is 4.15. The summed E-state index contributed by atoms with van der Waals surface area (Å²) >= 11 is 0. The topological polar surface area (TPSA) is 66.6 Å². The Morgan fingerprint density at radius 1 is 1.50 bits per heavy atom. The molecular weight excluding hydrogens is 204 g/mol. The lowest BCUT2D eigenvalue weighted by molar-refractivity contribution is 0.0711. The summed E-state index contributed by atoms with van der Waals surface area (Å²) in [7, 11) is 0. The van der Waals surface area contributed by atoms with Crippen LogP contribution in [0.3, 0.4) is 0 Å². The van der Waals surface area contributed by atoms with E-state index >= 15 is 0 Å². The quantitative estimate of drug-likeness (QED) is 0.770. The van der Waals surface area contributed by atoms with Gasteiger partial charge in [-0.15, -0.1) is 12.4 Å². The van der Waals surface area contributed by atoms with E-state index in [2.05, 4.69) is 0 Å². The minimum Gasteiger partial charge on any atom is -0.465 e. The molecule has 0 aliphatic heterocycles. The van der Waals surface area contributed by atoms with E-state index in [-0.39, 0.29) is 24.0 Å². The maximum Gasteiger partial charge on any atom is 0.408 e. The summed E-state index contributed by atoms with van der Waals surface area (Å²) in [4.78, 5) is 12.4. The van der Waals surface area contributed by atoms with Gasteiger partial charge in [-0.25, -0.2) is 4.79 Å². The molecule has 0 rings (SSSR count). The molecule has 0 saturated carbocycles. The SMILES string of the molecule is CCC(CN)N(C(=O)O)C(C)(C)C.Cl. The molecule has 0 bridgehead atoms. The average Bonchev–Trinajstić information content (AvgIpc) is 1.96. The van der Waals surface area contributed by atoms with E-state index in [1.165, 1.54) is 4.90 Å². The Balaban J connectivity index is 0. The minimum atomic E-state index is -0.898. The normalized spacial score (nSPS) is 12.9. The summed E-state index contributed by atoms with van der Waals surface area (Å²) in [5.74, 6) is 0. The Morgan fingerprint density at radius 2 is 1.93 bits per heavy atom. The van der Waals surface area contributed by atoms with Crippen molar-refractivity contribution in [3.05, 3.63) is 0 Å². The van der Waals surface area contributed by atoms with Crippen LogP contribution in [0.15, 0.2) is 0 Å². The highest BCUT2D eigenvalue weighted by molar-refractivity contribution is 5.85. The van der Waals surface area contributed by atoms with Crippen molar-refractivity contribution in [2.75, 3.05) is 6.54 Å². The second-order valence-electron chi connectivity index (χ2n) is 4.12. The predicted octanol–water partition coefficient (Wildman–Crippen LogP) is 1.92. The molecule has 14 heavy (non-hydrogen) atoms. The number of halogens is 1. The second kappa shape index (κ2) is 6.09. The first-order valence-electron chi connectivity index (χ1n) is 4.56. The smallest absolute Gasteiger partial charge is 0.408 e. The average molecular weight is 225 g/mol. The zero-order valence-electron chi connectivity index (χ0n) is 9.28. The van der Waals surface area contributed by atoms with Crippen molar-refractivity contribution in [3.8, 4) is 0 Å². The lowest BCUT2D eigenvalue weighted by Crippen LogP contribution is -2.53. The zero-order chi connectivity index (χ0) is 10.6. The van der Waals surface area contributed by atoms with Crippen LogP contribution in [0, 0.1) is 0 Å². The molecule has 0 aliphatic rings. The Morgan fingerprint density at radius 3 is 2.00 bits per heavy atom. The molecule has 5 heteroatoms. The van der Waals surface area contributed by atoms with Crippen LogP contribution in [-0.2, 0) is 0 Å². The van der Waals surface area contributed by atoms with E-state index in [4.69, 9.17) is 10.8 Å². The highest BCUT2D eigenvalue weighted by atomic mass is 35.5. The molecule has 4 nitrogen and oxygen atoms in total. The lowest BCUT2D eigenvalue weighted by Gasteiger charge is -2.38. The van der Waals surface area contributed by atoms with Crippen LogP contribution >= 0.6 is 12.4 Å². The van der Waals surface area contributed by atoms with Crippen molar-refractivity contribution in [1.82, 2.24) is 4.90 Å². The number of rotatable bonds is 3. The van der Waals surface area contributed by atoms with Crippen LogP contribution in [0.2, 0.25) is 0 Å². The van der Waals surface area contributed by atoms with Gasteiger partial charge in [-0.05, 0) is 27.2 Å². The molecule has 0 spiro atoms. The predicted molar refractivity (Wildman–Crippen MR) is 60.0 cm³/mol. The second-order valence-corrected chi connectivity index (χ2v) is 4.12. The molecule has 0 heterocycles. The van der Waals surface area contributed by atoms with Crippen molar-refractivity contribution in [2.24, 2.45) is 5.73 Å². The molecule has 1 amide bonds. The first kappa shape index (κ1) is 16.0. The molecule has 0 aromatic carbocycles. The number of nitrogens with two attached hydrogens (primary N) is 1. The van der Waals surface area contributed by atoms with Crippen molar-refractivity contribution < 1.29 is 9.90 Å². The first-order chi connectivity index (χ1) is 5.84. The van der Waals surface area contributed by atoms with Crippen LogP contribution < -0.4 is 5.73 Å². The van der Waals surface area contributed by atoms with Crippen LogP contribution in [0.4, 0.5) is 4.79 Å². The lowest BCUT2D eigenvalue weighted by atomic mass is 10.0. The zero-order valence-corrected chi connectivity index (χ0v) is 10.1. The van der Waals surface area contributed by atoms with Gasteiger partial charge in [0.15, 0.2) is 0 Å². The van der Waals surface area contributed by atoms with Gasteiger partial charge in [-0.1, -0.05) is 6.92 Å². The molecule has 3 N–H and O–H groups in total. The summed E-state index contributed by atoms with van der Waals surface area (Å²) in [6, 6.07) is -0.0856. The number of hydrogen-bond donors (Lipinski definition) is 2. The van der Waals surface area contributed by atoms with Gasteiger partial charge < -0.3 is 10.8 Å². The van der Waals surface area contributed by atoms with Gasteiger partial charge in [0, 0.05) is 18.1 Å². The van der Waals surface area contributed by atoms with Crippen LogP contribution in [0.25, 0.3) is 0 Å². The van der Waals surface area contributed by atoms with Gasteiger partial charge in [0.05, 0.1) is 0 Å². The number of carbonyl (C=O) groups is 1. The van der Waals surface area contributed by atoms with Gasteiger partial charge in [-0.3, -0.25) is 4.90 Å². The monoisotopic (exact) mass is 224 g/mol. The van der Waals surface area contributed by atoms with Crippen LogP contribution in [-0.4, -0.2) is 34.2 Å². The highest BCUT2D eigenvalue weighted by Gasteiger charge is 2.31. The van der Waals surface area contributed by atoms with Crippen LogP contribution in [0.1, 0.15) is 34.1 Å². The Labute approximate surface area is 91.9 Å².